The van der Waals surface area contributed by atoms with E-state index >= 15 is 0 Å². The number of aryl methyl sites for hydroxylation is 1. The summed E-state index contributed by atoms with van der Waals surface area (Å²) < 4.78 is 2.08. The molecule has 5 heteroatoms. The van der Waals surface area contributed by atoms with Crippen LogP contribution in [-0.2, 0) is 11.3 Å². The molecule has 1 aromatic carbocycles. The van der Waals surface area contributed by atoms with Crippen molar-refractivity contribution in [2.75, 3.05) is 5.75 Å². The van der Waals surface area contributed by atoms with E-state index in [0.29, 0.717) is 5.75 Å². The molecule has 0 fully saturated rings. The molecule has 0 saturated heterocycles. The second-order valence-electron chi connectivity index (χ2n) is 4.89. The predicted octanol–water partition coefficient (Wildman–Crippen LogP) is 3.26. The summed E-state index contributed by atoms with van der Waals surface area (Å²) in [5.74, 6) is 0.417. The summed E-state index contributed by atoms with van der Waals surface area (Å²) in [7, 11) is 0. The van der Waals surface area contributed by atoms with E-state index in [1.165, 1.54) is 11.8 Å². The van der Waals surface area contributed by atoms with Gasteiger partial charge in [0.1, 0.15) is 0 Å². The molecule has 0 radical (unpaired) electrons. The van der Waals surface area contributed by atoms with Gasteiger partial charge in [-0.05, 0) is 18.9 Å². The molecule has 1 N–H and O–H groups in total. The fourth-order valence-corrected chi connectivity index (χ4v) is 2.88. The number of thioether (sulfide) groups is 1. The third kappa shape index (κ3) is 4.63. The van der Waals surface area contributed by atoms with Crippen LogP contribution in [0.1, 0.15) is 31.9 Å². The molecule has 4 nitrogen and oxygen atoms in total. The fourth-order valence-electron chi connectivity index (χ4n) is 2.09. The highest BCUT2D eigenvalue weighted by Crippen LogP contribution is 2.17. The number of nitrogens with zero attached hydrogens (tertiary/aromatic N) is 2. The van der Waals surface area contributed by atoms with E-state index in [2.05, 4.69) is 21.8 Å². The Hall–Kier alpha value is -1.75. The molecule has 0 aliphatic carbocycles. The smallest absolute Gasteiger partial charge is 0.230 e. The SMILES string of the molecule is CCCn1ccnc1SCC(=O)NC(C)c1ccccc1. The van der Waals surface area contributed by atoms with Crippen LogP contribution in [0.25, 0.3) is 0 Å². The van der Waals surface area contributed by atoms with E-state index in [-0.39, 0.29) is 11.9 Å². The summed E-state index contributed by atoms with van der Waals surface area (Å²) in [6.45, 7) is 5.06. The van der Waals surface area contributed by atoms with Crippen molar-refractivity contribution in [3.05, 3.63) is 48.3 Å². The van der Waals surface area contributed by atoms with Crippen LogP contribution >= 0.6 is 11.8 Å². The minimum atomic E-state index is 0.0229. The lowest BCUT2D eigenvalue weighted by Gasteiger charge is -2.14. The Morgan fingerprint density at radius 3 is 2.86 bits per heavy atom. The normalized spacial score (nSPS) is 12.1. The number of nitrogens with one attached hydrogen (secondary N) is 1. The Morgan fingerprint density at radius 2 is 2.14 bits per heavy atom. The largest absolute Gasteiger partial charge is 0.349 e. The van der Waals surface area contributed by atoms with Gasteiger partial charge in [0, 0.05) is 18.9 Å². The number of hydrogen-bond acceptors (Lipinski definition) is 3. The first-order valence-corrected chi connectivity index (χ1v) is 8.17. The number of benzene rings is 1. The Morgan fingerprint density at radius 1 is 1.38 bits per heavy atom. The van der Waals surface area contributed by atoms with E-state index in [1.807, 2.05) is 43.5 Å². The number of imidazole rings is 1. The molecule has 1 aromatic heterocycles. The molecule has 112 valence electrons. The Bertz CT molecular complexity index is 568. The standard InChI is InChI=1S/C16H21N3OS/c1-3-10-19-11-9-17-16(19)21-12-15(20)18-13(2)14-7-5-4-6-8-14/h4-9,11,13H,3,10,12H2,1-2H3,(H,18,20). The van der Waals surface area contributed by atoms with Gasteiger partial charge in [0.15, 0.2) is 5.16 Å². The van der Waals surface area contributed by atoms with Crippen LogP contribution in [0, 0.1) is 0 Å². The maximum absolute atomic E-state index is 12.0. The summed E-state index contributed by atoms with van der Waals surface area (Å²) in [5, 5.41) is 3.92. The zero-order valence-electron chi connectivity index (χ0n) is 12.5. The third-order valence-electron chi connectivity index (χ3n) is 3.15. The van der Waals surface area contributed by atoms with Gasteiger partial charge in [-0.3, -0.25) is 4.79 Å². The Labute approximate surface area is 130 Å². The average molecular weight is 303 g/mol. The van der Waals surface area contributed by atoms with Crippen molar-refractivity contribution in [2.24, 2.45) is 0 Å². The van der Waals surface area contributed by atoms with Crippen LogP contribution in [0.5, 0.6) is 0 Å². The molecular weight excluding hydrogens is 282 g/mol. The van der Waals surface area contributed by atoms with E-state index in [1.54, 1.807) is 6.20 Å². The molecule has 1 atom stereocenters. The van der Waals surface area contributed by atoms with Crippen molar-refractivity contribution in [1.82, 2.24) is 14.9 Å². The molecule has 0 bridgehead atoms. The lowest BCUT2D eigenvalue weighted by Crippen LogP contribution is -2.28. The highest BCUT2D eigenvalue weighted by molar-refractivity contribution is 7.99. The third-order valence-corrected chi connectivity index (χ3v) is 4.16. The highest BCUT2D eigenvalue weighted by atomic mass is 32.2. The van der Waals surface area contributed by atoms with Gasteiger partial charge < -0.3 is 9.88 Å². The van der Waals surface area contributed by atoms with Gasteiger partial charge in [-0.15, -0.1) is 0 Å². The maximum Gasteiger partial charge on any atom is 0.230 e. The number of carbonyl (C=O) groups excluding carboxylic acids is 1. The molecule has 0 aliphatic rings. The van der Waals surface area contributed by atoms with Gasteiger partial charge in [-0.1, -0.05) is 49.0 Å². The monoisotopic (exact) mass is 303 g/mol. The molecule has 0 aliphatic heterocycles. The van der Waals surface area contributed by atoms with Crippen molar-refractivity contribution in [1.29, 1.82) is 0 Å². The van der Waals surface area contributed by atoms with Gasteiger partial charge in [0.2, 0.25) is 5.91 Å². The van der Waals surface area contributed by atoms with Crippen LogP contribution in [0.15, 0.2) is 47.9 Å². The minimum Gasteiger partial charge on any atom is -0.349 e. The maximum atomic E-state index is 12.0. The summed E-state index contributed by atoms with van der Waals surface area (Å²) in [6, 6.07) is 10.00. The van der Waals surface area contributed by atoms with E-state index in [0.717, 1.165) is 23.7 Å². The predicted molar refractivity (Wildman–Crippen MR) is 86.2 cm³/mol. The second-order valence-corrected chi connectivity index (χ2v) is 5.83. The topological polar surface area (TPSA) is 46.9 Å². The number of carbonyl (C=O) groups is 1. The number of aromatic nitrogens is 2. The van der Waals surface area contributed by atoms with Crippen molar-refractivity contribution in [3.63, 3.8) is 0 Å². The van der Waals surface area contributed by atoms with Crippen molar-refractivity contribution >= 4 is 17.7 Å². The Kier molecular flexibility index (Phi) is 5.87. The van der Waals surface area contributed by atoms with Gasteiger partial charge in [0.05, 0.1) is 11.8 Å². The second kappa shape index (κ2) is 7.88. The van der Waals surface area contributed by atoms with E-state index in [4.69, 9.17) is 0 Å². The van der Waals surface area contributed by atoms with Crippen molar-refractivity contribution < 1.29 is 4.79 Å². The van der Waals surface area contributed by atoms with Crippen LogP contribution in [0.3, 0.4) is 0 Å². The zero-order chi connectivity index (χ0) is 15.1. The van der Waals surface area contributed by atoms with Crippen LogP contribution < -0.4 is 5.32 Å². The molecular formula is C16H21N3OS. The summed E-state index contributed by atoms with van der Waals surface area (Å²) in [4.78, 5) is 16.3. The quantitative estimate of drug-likeness (QED) is 0.799. The van der Waals surface area contributed by atoms with Gasteiger partial charge in [-0.2, -0.15) is 0 Å². The molecule has 1 heterocycles. The highest BCUT2D eigenvalue weighted by Gasteiger charge is 2.11. The van der Waals surface area contributed by atoms with Gasteiger partial charge in [-0.25, -0.2) is 4.98 Å². The summed E-state index contributed by atoms with van der Waals surface area (Å²) in [5.41, 5.74) is 1.11. The van der Waals surface area contributed by atoms with Gasteiger partial charge in [0.25, 0.3) is 0 Å². The molecule has 21 heavy (non-hydrogen) atoms. The molecule has 2 rings (SSSR count). The van der Waals surface area contributed by atoms with Crippen LogP contribution in [-0.4, -0.2) is 21.2 Å². The minimum absolute atomic E-state index is 0.0229. The number of amides is 1. The molecule has 1 unspecified atom stereocenters. The van der Waals surface area contributed by atoms with E-state index in [9.17, 15) is 4.79 Å². The fraction of sp³-hybridized carbons (Fsp3) is 0.375. The van der Waals surface area contributed by atoms with Crippen molar-refractivity contribution in [2.45, 2.75) is 38.0 Å². The molecule has 0 saturated carbocycles. The summed E-state index contributed by atoms with van der Waals surface area (Å²) in [6.07, 6.45) is 4.79. The first kappa shape index (κ1) is 15.6. The number of hydrogen-bond donors (Lipinski definition) is 1. The molecule has 1 amide bonds. The lowest BCUT2D eigenvalue weighted by molar-refractivity contribution is -0.119. The first-order valence-electron chi connectivity index (χ1n) is 7.19. The van der Waals surface area contributed by atoms with Crippen LogP contribution in [0.4, 0.5) is 0 Å². The van der Waals surface area contributed by atoms with Gasteiger partial charge >= 0.3 is 0 Å². The molecule has 2 aromatic rings. The average Bonchev–Trinajstić information content (AvgIpc) is 2.94. The Balaban J connectivity index is 1.83. The van der Waals surface area contributed by atoms with E-state index < -0.39 is 0 Å². The lowest BCUT2D eigenvalue weighted by atomic mass is 10.1. The van der Waals surface area contributed by atoms with Crippen molar-refractivity contribution in [3.8, 4) is 0 Å². The number of rotatable bonds is 7. The van der Waals surface area contributed by atoms with Crippen LogP contribution in [0.2, 0.25) is 0 Å². The first-order chi connectivity index (χ1) is 10.2. The summed E-state index contributed by atoms with van der Waals surface area (Å²) >= 11 is 1.48. The zero-order valence-corrected chi connectivity index (χ0v) is 13.3. The molecule has 0 spiro atoms.